The lowest BCUT2D eigenvalue weighted by molar-refractivity contribution is 0.0529. The monoisotopic (exact) mass is 394 g/mol. The Hall–Kier alpha value is -2.87. The molecular formula is C21H26N6O2. The zero-order valence-corrected chi connectivity index (χ0v) is 16.6. The summed E-state index contributed by atoms with van der Waals surface area (Å²) in [4.78, 5) is 29.1. The molecule has 1 N–H and O–H groups in total. The van der Waals surface area contributed by atoms with Crippen molar-refractivity contribution in [2.24, 2.45) is 0 Å². The van der Waals surface area contributed by atoms with Gasteiger partial charge in [-0.2, -0.15) is 4.98 Å². The van der Waals surface area contributed by atoms with Crippen LogP contribution in [0.1, 0.15) is 19.8 Å². The molecule has 0 spiro atoms. The summed E-state index contributed by atoms with van der Waals surface area (Å²) in [5.74, 6) is 1.40. The second-order valence-electron chi connectivity index (χ2n) is 7.93. The number of fused-ring (bicyclic) bond motifs is 1. The van der Waals surface area contributed by atoms with Crippen molar-refractivity contribution >= 4 is 22.8 Å². The van der Waals surface area contributed by atoms with E-state index in [4.69, 9.17) is 9.72 Å². The third-order valence-corrected chi connectivity index (χ3v) is 5.86. The largest absolute Gasteiger partial charge is 0.375 e. The number of para-hydroxylation sites is 2. The van der Waals surface area contributed by atoms with Crippen molar-refractivity contribution in [1.29, 1.82) is 0 Å². The van der Waals surface area contributed by atoms with Crippen LogP contribution in [0.15, 0.2) is 41.5 Å². The summed E-state index contributed by atoms with van der Waals surface area (Å²) in [5, 5.41) is 0. The number of aromatic amines is 1. The molecule has 2 atom stereocenters. The van der Waals surface area contributed by atoms with Crippen LogP contribution in [0.3, 0.4) is 0 Å². The van der Waals surface area contributed by atoms with Gasteiger partial charge >= 0.3 is 0 Å². The van der Waals surface area contributed by atoms with Crippen molar-refractivity contribution in [3.8, 4) is 0 Å². The maximum Gasteiger partial charge on any atom is 0.254 e. The smallest absolute Gasteiger partial charge is 0.254 e. The Balaban J connectivity index is 1.41. The molecule has 2 aromatic heterocycles. The molecule has 4 heterocycles. The molecule has 2 fully saturated rings. The third-order valence-electron chi connectivity index (χ3n) is 5.86. The highest BCUT2D eigenvalue weighted by molar-refractivity contribution is 5.74. The molecule has 1 aromatic carbocycles. The van der Waals surface area contributed by atoms with Crippen molar-refractivity contribution in [3.63, 3.8) is 0 Å². The van der Waals surface area contributed by atoms with Crippen molar-refractivity contribution in [2.75, 3.05) is 36.0 Å². The van der Waals surface area contributed by atoms with Crippen LogP contribution in [-0.4, -0.2) is 57.9 Å². The lowest BCUT2D eigenvalue weighted by Crippen LogP contribution is -2.42. The van der Waals surface area contributed by atoms with Gasteiger partial charge in [-0.25, -0.2) is 4.98 Å². The highest BCUT2D eigenvalue weighted by Crippen LogP contribution is 2.26. The van der Waals surface area contributed by atoms with E-state index in [9.17, 15) is 4.79 Å². The Morgan fingerprint density at radius 1 is 1.28 bits per heavy atom. The van der Waals surface area contributed by atoms with Gasteiger partial charge in [0.25, 0.3) is 5.56 Å². The minimum Gasteiger partial charge on any atom is -0.375 e. The number of aromatic nitrogens is 4. The Labute approximate surface area is 169 Å². The Morgan fingerprint density at radius 3 is 3.07 bits per heavy atom. The molecule has 2 aliphatic heterocycles. The topological polar surface area (TPSA) is 79.3 Å². The maximum absolute atomic E-state index is 12.4. The minimum atomic E-state index is -0.108. The quantitative estimate of drug-likeness (QED) is 0.729. The number of nitrogens with one attached hydrogen (secondary N) is 1. The van der Waals surface area contributed by atoms with E-state index in [2.05, 4.69) is 30.4 Å². The van der Waals surface area contributed by atoms with Crippen LogP contribution in [0.5, 0.6) is 0 Å². The number of nitrogens with zero attached hydrogens (tertiary/aromatic N) is 5. The fourth-order valence-corrected chi connectivity index (χ4v) is 4.44. The standard InChI is InChI=1S/C21H26N6O2/c1-15-12-25(9-10-29-15)19-11-20(28)24-21(23-19)27-8-4-5-16(27)13-26-14-22-17-6-2-3-7-18(17)26/h2-3,6-7,11,14-16H,4-5,8-10,12-13H2,1H3,(H,23,24,28)/t15-,16?/m1/s1. The number of morpholine rings is 1. The van der Waals surface area contributed by atoms with Gasteiger partial charge in [-0.15, -0.1) is 0 Å². The van der Waals surface area contributed by atoms with Gasteiger partial charge in [0, 0.05) is 38.3 Å². The van der Waals surface area contributed by atoms with Gasteiger partial charge in [-0.1, -0.05) is 12.1 Å². The van der Waals surface area contributed by atoms with E-state index in [1.807, 2.05) is 31.5 Å². The van der Waals surface area contributed by atoms with Gasteiger partial charge in [0.15, 0.2) is 0 Å². The summed E-state index contributed by atoms with van der Waals surface area (Å²) >= 11 is 0. The predicted octanol–water partition coefficient (Wildman–Crippen LogP) is 2.01. The first kappa shape index (κ1) is 18.2. The lowest BCUT2D eigenvalue weighted by Gasteiger charge is -2.33. The van der Waals surface area contributed by atoms with E-state index in [0.717, 1.165) is 55.9 Å². The van der Waals surface area contributed by atoms with Crippen LogP contribution in [0, 0.1) is 0 Å². The molecule has 3 aromatic rings. The second-order valence-corrected chi connectivity index (χ2v) is 7.93. The second kappa shape index (κ2) is 7.51. The van der Waals surface area contributed by atoms with Crippen LogP contribution < -0.4 is 15.4 Å². The minimum absolute atomic E-state index is 0.108. The number of hydrogen-bond donors (Lipinski definition) is 1. The van der Waals surface area contributed by atoms with Crippen LogP contribution in [0.25, 0.3) is 11.0 Å². The summed E-state index contributed by atoms with van der Waals surface area (Å²) in [7, 11) is 0. The molecule has 8 nitrogen and oxygen atoms in total. The van der Waals surface area contributed by atoms with Gasteiger partial charge in [0.2, 0.25) is 5.95 Å². The zero-order valence-electron chi connectivity index (χ0n) is 16.6. The van der Waals surface area contributed by atoms with E-state index in [1.165, 1.54) is 0 Å². The lowest BCUT2D eigenvalue weighted by atomic mass is 10.2. The molecule has 0 radical (unpaired) electrons. The number of anilines is 2. The van der Waals surface area contributed by atoms with Crippen molar-refractivity contribution in [2.45, 2.75) is 38.5 Å². The summed E-state index contributed by atoms with van der Waals surface area (Å²) in [6, 6.07) is 10.0. The van der Waals surface area contributed by atoms with E-state index < -0.39 is 0 Å². The Bertz CT molecular complexity index is 1060. The average molecular weight is 394 g/mol. The van der Waals surface area contributed by atoms with E-state index in [-0.39, 0.29) is 17.7 Å². The van der Waals surface area contributed by atoms with Crippen LogP contribution in [0.2, 0.25) is 0 Å². The molecule has 0 bridgehead atoms. The molecule has 0 aliphatic carbocycles. The van der Waals surface area contributed by atoms with Crippen molar-refractivity contribution < 1.29 is 4.74 Å². The van der Waals surface area contributed by atoms with Crippen molar-refractivity contribution in [1.82, 2.24) is 19.5 Å². The van der Waals surface area contributed by atoms with E-state index >= 15 is 0 Å². The summed E-state index contributed by atoms with van der Waals surface area (Å²) in [5.41, 5.74) is 2.03. The Morgan fingerprint density at radius 2 is 2.17 bits per heavy atom. The normalized spacial score (nSPS) is 22.5. The first-order chi connectivity index (χ1) is 14.2. The maximum atomic E-state index is 12.4. The molecule has 8 heteroatoms. The van der Waals surface area contributed by atoms with Crippen LogP contribution >= 0.6 is 0 Å². The van der Waals surface area contributed by atoms with Crippen LogP contribution in [0.4, 0.5) is 11.8 Å². The first-order valence-electron chi connectivity index (χ1n) is 10.3. The number of H-pyrrole nitrogens is 1. The molecule has 0 amide bonds. The van der Waals surface area contributed by atoms with Gasteiger partial charge in [0.05, 0.1) is 30.1 Å². The molecule has 29 heavy (non-hydrogen) atoms. The zero-order chi connectivity index (χ0) is 19.8. The highest BCUT2D eigenvalue weighted by Gasteiger charge is 2.28. The fraction of sp³-hybridized carbons (Fsp3) is 0.476. The number of hydrogen-bond acceptors (Lipinski definition) is 6. The molecule has 2 aliphatic rings. The molecule has 152 valence electrons. The molecule has 5 rings (SSSR count). The first-order valence-corrected chi connectivity index (χ1v) is 10.3. The summed E-state index contributed by atoms with van der Waals surface area (Å²) in [6.07, 6.45) is 4.19. The molecule has 0 saturated carbocycles. The Kier molecular flexibility index (Phi) is 4.71. The highest BCUT2D eigenvalue weighted by atomic mass is 16.5. The number of ether oxygens (including phenoxy) is 1. The van der Waals surface area contributed by atoms with E-state index in [1.54, 1.807) is 6.07 Å². The van der Waals surface area contributed by atoms with Gasteiger partial charge in [0.1, 0.15) is 5.82 Å². The molecule has 2 saturated heterocycles. The average Bonchev–Trinajstić information content (AvgIpc) is 3.35. The summed E-state index contributed by atoms with van der Waals surface area (Å²) in [6.45, 7) is 5.93. The van der Waals surface area contributed by atoms with Gasteiger partial charge in [-0.3, -0.25) is 9.78 Å². The van der Waals surface area contributed by atoms with E-state index in [0.29, 0.717) is 12.6 Å². The SMILES string of the molecule is C[C@@H]1CN(c2cc(=O)[nH]c(N3CCCC3Cn3cnc4ccccc43)n2)CCO1. The fourth-order valence-electron chi connectivity index (χ4n) is 4.44. The molecular weight excluding hydrogens is 368 g/mol. The number of imidazole rings is 1. The molecule has 1 unspecified atom stereocenters. The summed E-state index contributed by atoms with van der Waals surface area (Å²) < 4.78 is 7.82. The number of rotatable bonds is 4. The van der Waals surface area contributed by atoms with Crippen molar-refractivity contribution in [3.05, 3.63) is 47.0 Å². The predicted molar refractivity (Wildman–Crippen MR) is 113 cm³/mol. The van der Waals surface area contributed by atoms with Gasteiger partial charge < -0.3 is 19.1 Å². The third kappa shape index (κ3) is 3.60. The number of benzene rings is 1. The van der Waals surface area contributed by atoms with Crippen LogP contribution in [-0.2, 0) is 11.3 Å². The van der Waals surface area contributed by atoms with Gasteiger partial charge in [-0.05, 0) is 31.9 Å².